The molecule has 0 N–H and O–H groups in total. The molecule has 10 heteroatoms. The number of carbonyl (C=O) groups excluding carboxylic acids is 1. The highest BCUT2D eigenvalue weighted by Gasteiger charge is 2.29. The van der Waals surface area contributed by atoms with Crippen LogP contribution in [-0.2, 0) is 10.3 Å². The third-order valence-electron chi connectivity index (χ3n) is 6.56. The second-order valence-corrected chi connectivity index (χ2v) is 9.89. The zero-order valence-electron chi connectivity index (χ0n) is 21.8. The van der Waals surface area contributed by atoms with Crippen molar-refractivity contribution in [1.82, 2.24) is 4.57 Å². The van der Waals surface area contributed by atoms with E-state index in [1.807, 2.05) is 54.5 Å². The fraction of sp³-hybridized carbons (Fsp3) is 0.407. The second kappa shape index (κ2) is 10.1. The lowest BCUT2D eigenvalue weighted by Crippen LogP contribution is -2.46. The van der Waals surface area contributed by atoms with Crippen LogP contribution in [0.5, 0.6) is 5.75 Å². The normalized spacial score (nSPS) is 14.1. The smallest absolute Gasteiger partial charge is 0.343 e. The summed E-state index contributed by atoms with van der Waals surface area (Å²) in [5.74, 6) is 0.0332. The number of rotatable bonds is 6. The number of nitro groups is 1. The van der Waals surface area contributed by atoms with Gasteiger partial charge >= 0.3 is 5.97 Å². The molecule has 4 rings (SSSR count). The Hall–Kier alpha value is -4.08. The molecule has 10 nitrogen and oxygen atoms in total. The molecule has 0 aliphatic carbocycles. The van der Waals surface area contributed by atoms with Gasteiger partial charge in [-0.05, 0) is 45.9 Å². The fourth-order valence-electron chi connectivity index (χ4n) is 4.74. The van der Waals surface area contributed by atoms with Crippen molar-refractivity contribution in [2.24, 2.45) is 0 Å². The largest absolute Gasteiger partial charge is 0.495 e. The average Bonchev–Trinajstić information content (AvgIpc) is 2.87. The van der Waals surface area contributed by atoms with Gasteiger partial charge in [0.1, 0.15) is 17.0 Å². The number of piperazine rings is 1. The van der Waals surface area contributed by atoms with E-state index in [9.17, 15) is 19.7 Å². The third kappa shape index (κ3) is 4.96. The number of pyridine rings is 1. The van der Waals surface area contributed by atoms with Crippen molar-refractivity contribution in [3.8, 4) is 5.75 Å². The first kappa shape index (κ1) is 26.0. The molecule has 0 spiro atoms. The van der Waals surface area contributed by atoms with Crippen LogP contribution in [-0.4, -0.2) is 55.4 Å². The second-order valence-electron chi connectivity index (χ2n) is 9.89. The van der Waals surface area contributed by atoms with Gasteiger partial charge in [-0.3, -0.25) is 14.9 Å². The minimum Gasteiger partial charge on any atom is -0.495 e. The number of hydrogen-bond donors (Lipinski definition) is 0. The molecule has 1 aliphatic heterocycles. The van der Waals surface area contributed by atoms with E-state index < -0.39 is 21.9 Å². The van der Waals surface area contributed by atoms with Crippen molar-refractivity contribution in [2.75, 3.05) is 49.7 Å². The zero-order valence-corrected chi connectivity index (χ0v) is 21.8. The number of fused-ring (bicyclic) bond motifs is 1. The summed E-state index contributed by atoms with van der Waals surface area (Å²) in [7, 11) is 1.63. The van der Waals surface area contributed by atoms with Gasteiger partial charge in [-0.15, -0.1) is 0 Å². The summed E-state index contributed by atoms with van der Waals surface area (Å²) in [6, 6.07) is 10.8. The summed E-state index contributed by atoms with van der Waals surface area (Å²) in [6.07, 6.45) is 1.50. The van der Waals surface area contributed by atoms with Gasteiger partial charge in [-0.1, -0.05) is 12.1 Å². The van der Waals surface area contributed by atoms with Crippen molar-refractivity contribution in [2.45, 2.75) is 33.2 Å². The van der Waals surface area contributed by atoms with E-state index in [-0.39, 0.29) is 23.2 Å². The maximum Gasteiger partial charge on any atom is 0.343 e. The minimum atomic E-state index is -0.744. The van der Waals surface area contributed by atoms with Crippen LogP contribution < -0.4 is 20.0 Å². The number of esters is 1. The molecular formula is C27H32N4O6. The van der Waals surface area contributed by atoms with E-state index in [1.165, 1.54) is 12.3 Å². The first-order valence-corrected chi connectivity index (χ1v) is 12.2. The summed E-state index contributed by atoms with van der Waals surface area (Å²) >= 11 is 0. The molecule has 1 fully saturated rings. The molecule has 0 bridgehead atoms. The molecule has 0 unspecified atom stereocenters. The number of para-hydroxylation sites is 2. The standard InChI is InChI=1S/C27H32N4O6/c1-6-37-26(33)19-17-30(27(2,3)4)21-16-22(23(31(34)35)15-18(21)25(19)32)29-13-11-28(12-14-29)20-9-7-8-10-24(20)36-5/h7-10,15-17H,6,11-14H2,1-5H3. The predicted molar refractivity (Wildman–Crippen MR) is 143 cm³/mol. The van der Waals surface area contributed by atoms with E-state index in [0.717, 1.165) is 11.4 Å². The van der Waals surface area contributed by atoms with Crippen molar-refractivity contribution in [1.29, 1.82) is 0 Å². The molecular weight excluding hydrogens is 476 g/mol. The lowest BCUT2D eigenvalue weighted by atomic mass is 10.0. The highest BCUT2D eigenvalue weighted by molar-refractivity contribution is 5.96. The number of anilines is 2. The lowest BCUT2D eigenvalue weighted by molar-refractivity contribution is -0.384. The number of nitro benzene ring substituents is 1. The topological polar surface area (TPSA) is 107 Å². The highest BCUT2D eigenvalue weighted by Crippen LogP contribution is 2.36. The van der Waals surface area contributed by atoms with Crippen LogP contribution in [0.25, 0.3) is 10.9 Å². The molecule has 196 valence electrons. The molecule has 2 aromatic carbocycles. The van der Waals surface area contributed by atoms with Crippen molar-refractivity contribution in [3.63, 3.8) is 0 Å². The maximum absolute atomic E-state index is 13.3. The molecule has 0 saturated carbocycles. The predicted octanol–water partition coefficient (Wildman–Crippen LogP) is 4.18. The monoisotopic (exact) mass is 508 g/mol. The van der Waals surface area contributed by atoms with Crippen LogP contribution in [0.1, 0.15) is 38.1 Å². The van der Waals surface area contributed by atoms with Crippen LogP contribution in [0, 0.1) is 10.1 Å². The van der Waals surface area contributed by atoms with E-state index in [0.29, 0.717) is 37.4 Å². The van der Waals surface area contributed by atoms with Gasteiger partial charge in [0.25, 0.3) is 5.69 Å². The Labute approximate surface area is 215 Å². The number of methoxy groups -OCH3 is 1. The Morgan fingerprint density at radius 1 is 1.05 bits per heavy atom. The fourth-order valence-corrected chi connectivity index (χ4v) is 4.74. The number of hydrogen-bond acceptors (Lipinski definition) is 8. The van der Waals surface area contributed by atoms with Crippen molar-refractivity contribution < 1.29 is 19.2 Å². The van der Waals surface area contributed by atoms with Gasteiger partial charge in [0.05, 0.1) is 35.2 Å². The Morgan fingerprint density at radius 3 is 2.24 bits per heavy atom. The quantitative estimate of drug-likeness (QED) is 0.277. The van der Waals surface area contributed by atoms with Crippen LogP contribution in [0.15, 0.2) is 47.4 Å². The Bertz CT molecular complexity index is 1400. The summed E-state index contributed by atoms with van der Waals surface area (Å²) in [5, 5.41) is 12.3. The third-order valence-corrected chi connectivity index (χ3v) is 6.56. The van der Waals surface area contributed by atoms with Gasteiger partial charge in [0.2, 0.25) is 5.43 Å². The molecule has 1 saturated heterocycles. The summed E-state index contributed by atoms with van der Waals surface area (Å²) in [5.41, 5.74) is 0.545. The van der Waals surface area contributed by atoms with Gasteiger partial charge in [0.15, 0.2) is 0 Å². The summed E-state index contributed by atoms with van der Waals surface area (Å²) in [6.45, 7) is 9.98. The van der Waals surface area contributed by atoms with E-state index in [2.05, 4.69) is 4.90 Å². The van der Waals surface area contributed by atoms with Gasteiger partial charge in [-0.25, -0.2) is 4.79 Å². The molecule has 0 atom stereocenters. The molecule has 3 aromatic rings. The molecule has 37 heavy (non-hydrogen) atoms. The number of benzene rings is 2. The van der Waals surface area contributed by atoms with E-state index >= 15 is 0 Å². The summed E-state index contributed by atoms with van der Waals surface area (Å²) < 4.78 is 12.4. The molecule has 1 aliphatic rings. The van der Waals surface area contributed by atoms with Crippen LogP contribution in [0.4, 0.5) is 17.1 Å². The molecule has 0 amide bonds. The lowest BCUT2D eigenvalue weighted by Gasteiger charge is -2.37. The van der Waals surface area contributed by atoms with Gasteiger partial charge < -0.3 is 23.8 Å². The Kier molecular flexibility index (Phi) is 7.11. The Morgan fingerprint density at radius 2 is 1.68 bits per heavy atom. The molecule has 1 aromatic heterocycles. The number of nitrogens with zero attached hydrogens (tertiary/aromatic N) is 4. The first-order valence-electron chi connectivity index (χ1n) is 12.2. The number of ether oxygens (including phenoxy) is 2. The minimum absolute atomic E-state index is 0.114. The SMILES string of the molecule is CCOC(=O)c1cn(C(C)(C)C)c2cc(N3CCN(c4ccccc4OC)CC3)c([N+](=O)[O-])cc2c1=O. The van der Waals surface area contributed by atoms with E-state index in [4.69, 9.17) is 9.47 Å². The van der Waals surface area contributed by atoms with E-state index in [1.54, 1.807) is 20.1 Å². The van der Waals surface area contributed by atoms with Gasteiger partial charge in [-0.2, -0.15) is 0 Å². The van der Waals surface area contributed by atoms with Crippen LogP contribution in [0.2, 0.25) is 0 Å². The first-order chi connectivity index (χ1) is 17.6. The average molecular weight is 509 g/mol. The van der Waals surface area contributed by atoms with Crippen molar-refractivity contribution >= 4 is 33.9 Å². The zero-order chi connectivity index (χ0) is 26.9. The van der Waals surface area contributed by atoms with Crippen LogP contribution >= 0.6 is 0 Å². The highest BCUT2D eigenvalue weighted by atomic mass is 16.6. The molecule has 2 heterocycles. The number of aromatic nitrogens is 1. The maximum atomic E-state index is 13.3. The Balaban J connectivity index is 1.80. The van der Waals surface area contributed by atoms with Crippen LogP contribution in [0.3, 0.4) is 0 Å². The number of carbonyl (C=O) groups is 1. The van der Waals surface area contributed by atoms with Gasteiger partial charge in [0, 0.05) is 44.0 Å². The van der Waals surface area contributed by atoms with Crippen molar-refractivity contribution in [3.05, 3.63) is 68.5 Å². The summed E-state index contributed by atoms with van der Waals surface area (Å²) in [4.78, 5) is 41.6. The molecule has 0 radical (unpaired) electrons.